The Morgan fingerprint density at radius 2 is 1.85 bits per heavy atom. The Morgan fingerprint density at radius 1 is 1.20 bits per heavy atom. The maximum atomic E-state index is 10.7. The summed E-state index contributed by atoms with van der Waals surface area (Å²) in [6.07, 6.45) is 0.519. The molecule has 0 aromatic heterocycles. The molecular weight excluding hydrogens is 340 g/mol. The normalized spacial score (nSPS) is 13.8. The molecular formula is C16H16BrClO2. The van der Waals surface area contributed by atoms with E-state index in [0.717, 1.165) is 15.6 Å². The smallest absolute Gasteiger partial charge is 0.137 e. The molecule has 2 rings (SSSR count). The van der Waals surface area contributed by atoms with E-state index < -0.39 is 5.60 Å². The molecule has 2 aromatic carbocycles. The Kier molecular flexibility index (Phi) is 4.74. The van der Waals surface area contributed by atoms with Crippen molar-refractivity contribution in [1.29, 1.82) is 0 Å². The predicted molar refractivity (Wildman–Crippen MR) is 85.4 cm³/mol. The minimum atomic E-state index is -0.980. The van der Waals surface area contributed by atoms with Crippen LogP contribution < -0.4 is 4.74 Å². The fourth-order valence-electron chi connectivity index (χ4n) is 2.10. The maximum Gasteiger partial charge on any atom is 0.137 e. The van der Waals surface area contributed by atoms with Gasteiger partial charge in [-0.2, -0.15) is 0 Å². The molecule has 0 spiro atoms. The lowest BCUT2D eigenvalue weighted by atomic mass is 9.89. The van der Waals surface area contributed by atoms with Crippen molar-refractivity contribution in [2.45, 2.75) is 18.9 Å². The Labute approximate surface area is 132 Å². The van der Waals surface area contributed by atoms with Gasteiger partial charge in [-0.3, -0.25) is 0 Å². The van der Waals surface area contributed by atoms with Crippen LogP contribution in [-0.2, 0) is 12.0 Å². The molecule has 0 fully saturated rings. The average molecular weight is 356 g/mol. The third-order valence-corrected chi connectivity index (χ3v) is 4.08. The van der Waals surface area contributed by atoms with Crippen molar-refractivity contribution in [2.75, 3.05) is 7.11 Å². The topological polar surface area (TPSA) is 29.5 Å². The van der Waals surface area contributed by atoms with E-state index in [2.05, 4.69) is 15.9 Å². The van der Waals surface area contributed by atoms with E-state index in [0.29, 0.717) is 17.2 Å². The first-order chi connectivity index (χ1) is 9.42. The van der Waals surface area contributed by atoms with Gasteiger partial charge in [-0.05, 0) is 42.3 Å². The molecule has 2 aromatic rings. The predicted octanol–water partition coefficient (Wildman–Crippen LogP) is 4.56. The van der Waals surface area contributed by atoms with Crippen LogP contribution in [0.25, 0.3) is 0 Å². The minimum absolute atomic E-state index is 0.519. The van der Waals surface area contributed by atoms with Gasteiger partial charge in [-0.25, -0.2) is 0 Å². The third-order valence-electron chi connectivity index (χ3n) is 3.23. The largest absolute Gasteiger partial charge is 0.495 e. The van der Waals surface area contributed by atoms with Gasteiger partial charge >= 0.3 is 0 Å². The Bertz CT molecular complexity index is 594. The highest BCUT2D eigenvalue weighted by atomic mass is 79.9. The lowest BCUT2D eigenvalue weighted by molar-refractivity contribution is 0.0574. The van der Waals surface area contributed by atoms with Gasteiger partial charge in [-0.15, -0.1) is 0 Å². The standard InChI is InChI=1S/C16H16BrClO2/c1-16(19,10-11-3-6-13(17)7-4-11)12-5-8-14(18)15(9-12)20-2/h3-9,19H,10H2,1-2H3. The summed E-state index contributed by atoms with van der Waals surface area (Å²) in [6, 6.07) is 13.3. The second-order valence-electron chi connectivity index (χ2n) is 4.93. The fourth-order valence-corrected chi connectivity index (χ4v) is 2.56. The van der Waals surface area contributed by atoms with Crippen LogP contribution in [0.15, 0.2) is 46.9 Å². The first-order valence-electron chi connectivity index (χ1n) is 6.23. The minimum Gasteiger partial charge on any atom is -0.495 e. The van der Waals surface area contributed by atoms with Gasteiger partial charge in [0.2, 0.25) is 0 Å². The van der Waals surface area contributed by atoms with Gasteiger partial charge in [0, 0.05) is 10.9 Å². The van der Waals surface area contributed by atoms with E-state index in [1.54, 1.807) is 26.2 Å². The molecule has 4 heteroatoms. The van der Waals surface area contributed by atoms with Crippen molar-refractivity contribution in [3.05, 3.63) is 63.1 Å². The molecule has 1 N–H and O–H groups in total. The Hall–Kier alpha value is -1.03. The lowest BCUT2D eigenvalue weighted by Crippen LogP contribution is -2.24. The fraction of sp³-hybridized carbons (Fsp3) is 0.250. The highest BCUT2D eigenvalue weighted by Crippen LogP contribution is 2.32. The second-order valence-corrected chi connectivity index (χ2v) is 6.25. The van der Waals surface area contributed by atoms with E-state index in [1.165, 1.54) is 0 Å². The summed E-state index contributed by atoms with van der Waals surface area (Å²) < 4.78 is 6.22. The number of methoxy groups -OCH3 is 1. The molecule has 0 saturated heterocycles. The third kappa shape index (κ3) is 3.54. The SMILES string of the molecule is COc1cc(C(C)(O)Cc2ccc(Br)cc2)ccc1Cl. The second kappa shape index (κ2) is 6.17. The summed E-state index contributed by atoms with van der Waals surface area (Å²) in [7, 11) is 1.56. The quantitative estimate of drug-likeness (QED) is 0.871. The molecule has 106 valence electrons. The van der Waals surface area contributed by atoms with Gasteiger partial charge in [0.05, 0.1) is 17.7 Å². The number of hydrogen-bond donors (Lipinski definition) is 1. The molecule has 1 unspecified atom stereocenters. The van der Waals surface area contributed by atoms with Crippen molar-refractivity contribution < 1.29 is 9.84 Å². The monoisotopic (exact) mass is 354 g/mol. The zero-order valence-corrected chi connectivity index (χ0v) is 13.7. The highest BCUT2D eigenvalue weighted by Gasteiger charge is 2.24. The lowest BCUT2D eigenvalue weighted by Gasteiger charge is -2.24. The van der Waals surface area contributed by atoms with E-state index in [1.807, 2.05) is 30.3 Å². The summed E-state index contributed by atoms with van der Waals surface area (Å²) in [4.78, 5) is 0. The average Bonchev–Trinajstić information content (AvgIpc) is 2.41. The maximum absolute atomic E-state index is 10.7. The molecule has 0 aliphatic carbocycles. The van der Waals surface area contributed by atoms with Gasteiger partial charge < -0.3 is 9.84 Å². The summed E-state index contributed by atoms with van der Waals surface area (Å²) in [5.74, 6) is 0.570. The summed E-state index contributed by atoms with van der Waals surface area (Å²) >= 11 is 9.42. The summed E-state index contributed by atoms with van der Waals surface area (Å²) in [5, 5.41) is 11.2. The van der Waals surface area contributed by atoms with Crippen LogP contribution in [0.1, 0.15) is 18.1 Å². The first kappa shape index (κ1) is 15.4. The van der Waals surface area contributed by atoms with Gasteiger partial charge in [0.1, 0.15) is 5.75 Å². The molecule has 1 atom stereocenters. The molecule has 0 aliphatic rings. The van der Waals surface area contributed by atoms with Crippen LogP contribution in [0.4, 0.5) is 0 Å². The number of ether oxygens (including phenoxy) is 1. The van der Waals surface area contributed by atoms with E-state index in [-0.39, 0.29) is 0 Å². The van der Waals surface area contributed by atoms with Crippen LogP contribution in [-0.4, -0.2) is 12.2 Å². The first-order valence-corrected chi connectivity index (χ1v) is 7.40. The number of benzene rings is 2. The van der Waals surface area contributed by atoms with Crippen LogP contribution >= 0.6 is 27.5 Å². The zero-order valence-electron chi connectivity index (χ0n) is 11.4. The molecule has 0 heterocycles. The number of rotatable bonds is 4. The van der Waals surface area contributed by atoms with E-state index in [9.17, 15) is 5.11 Å². The zero-order chi connectivity index (χ0) is 14.8. The van der Waals surface area contributed by atoms with Crippen molar-refractivity contribution in [3.63, 3.8) is 0 Å². The Balaban J connectivity index is 2.27. The number of halogens is 2. The van der Waals surface area contributed by atoms with E-state index in [4.69, 9.17) is 16.3 Å². The van der Waals surface area contributed by atoms with Crippen molar-refractivity contribution in [2.24, 2.45) is 0 Å². The number of aliphatic hydroxyl groups is 1. The van der Waals surface area contributed by atoms with Gasteiger partial charge in [0.25, 0.3) is 0 Å². The van der Waals surface area contributed by atoms with Gasteiger partial charge in [0.15, 0.2) is 0 Å². The molecule has 0 aliphatic heterocycles. The van der Waals surface area contributed by atoms with E-state index >= 15 is 0 Å². The summed E-state index contributed by atoms with van der Waals surface area (Å²) in [6.45, 7) is 1.79. The van der Waals surface area contributed by atoms with Gasteiger partial charge in [-0.1, -0.05) is 45.7 Å². The molecule has 20 heavy (non-hydrogen) atoms. The molecule has 0 saturated carbocycles. The van der Waals surface area contributed by atoms with Crippen molar-refractivity contribution in [3.8, 4) is 5.75 Å². The van der Waals surface area contributed by atoms with Crippen LogP contribution in [0, 0.1) is 0 Å². The van der Waals surface area contributed by atoms with Crippen LogP contribution in [0.3, 0.4) is 0 Å². The Morgan fingerprint density at radius 3 is 2.45 bits per heavy atom. The molecule has 0 amide bonds. The molecule has 2 nitrogen and oxygen atoms in total. The molecule has 0 radical (unpaired) electrons. The van der Waals surface area contributed by atoms with Crippen molar-refractivity contribution >= 4 is 27.5 Å². The summed E-state index contributed by atoms with van der Waals surface area (Å²) in [5.41, 5.74) is 0.861. The molecule has 0 bridgehead atoms. The van der Waals surface area contributed by atoms with Crippen LogP contribution in [0.5, 0.6) is 5.75 Å². The van der Waals surface area contributed by atoms with Crippen LogP contribution in [0.2, 0.25) is 5.02 Å². The van der Waals surface area contributed by atoms with Crippen molar-refractivity contribution in [1.82, 2.24) is 0 Å². The highest BCUT2D eigenvalue weighted by molar-refractivity contribution is 9.10. The number of hydrogen-bond acceptors (Lipinski definition) is 2.